The first-order chi connectivity index (χ1) is 9.74. The Bertz CT molecular complexity index is 560. The summed E-state index contributed by atoms with van der Waals surface area (Å²) >= 11 is 1.21. The van der Waals surface area contributed by atoms with Crippen molar-refractivity contribution in [3.05, 3.63) is 30.0 Å². The topological polar surface area (TPSA) is 109 Å². The van der Waals surface area contributed by atoms with Crippen molar-refractivity contribution in [3.63, 3.8) is 0 Å². The third-order valence-corrected chi connectivity index (χ3v) is 2.79. The lowest BCUT2D eigenvalue weighted by Gasteiger charge is -2.06. The SMILES string of the molecule is O=C(CCNC(=O)Nc1nncs1)Nc1ccncc1. The van der Waals surface area contributed by atoms with E-state index in [1.807, 2.05) is 0 Å². The van der Waals surface area contributed by atoms with Gasteiger partial charge in [-0.3, -0.25) is 15.1 Å². The molecule has 3 amide bonds. The Hall–Kier alpha value is -2.55. The van der Waals surface area contributed by atoms with Gasteiger partial charge in [0.1, 0.15) is 5.51 Å². The Kier molecular flexibility index (Phi) is 4.95. The first-order valence-corrected chi connectivity index (χ1v) is 6.63. The van der Waals surface area contributed by atoms with Crippen molar-refractivity contribution in [2.24, 2.45) is 0 Å². The van der Waals surface area contributed by atoms with E-state index in [2.05, 4.69) is 31.1 Å². The van der Waals surface area contributed by atoms with Gasteiger partial charge in [0.2, 0.25) is 11.0 Å². The summed E-state index contributed by atoms with van der Waals surface area (Å²) in [4.78, 5) is 26.9. The highest BCUT2D eigenvalue weighted by atomic mass is 32.1. The van der Waals surface area contributed by atoms with Gasteiger partial charge in [-0.15, -0.1) is 10.2 Å². The van der Waals surface area contributed by atoms with Crippen molar-refractivity contribution in [2.75, 3.05) is 17.2 Å². The van der Waals surface area contributed by atoms with Gasteiger partial charge in [0, 0.05) is 31.0 Å². The number of pyridine rings is 1. The molecule has 2 heterocycles. The third-order valence-electron chi connectivity index (χ3n) is 2.18. The van der Waals surface area contributed by atoms with Crippen molar-refractivity contribution in [3.8, 4) is 0 Å². The number of nitrogens with one attached hydrogen (secondary N) is 3. The first kappa shape index (κ1) is 13.9. The minimum atomic E-state index is -0.418. The van der Waals surface area contributed by atoms with Gasteiger partial charge in [-0.05, 0) is 12.1 Å². The van der Waals surface area contributed by atoms with Crippen LogP contribution in [0.2, 0.25) is 0 Å². The second-order valence-corrected chi connectivity index (χ2v) is 4.49. The molecule has 0 unspecified atom stereocenters. The molecule has 2 aromatic heterocycles. The summed E-state index contributed by atoms with van der Waals surface area (Å²) in [6.45, 7) is 0.224. The molecule has 0 aromatic carbocycles. The van der Waals surface area contributed by atoms with Crippen LogP contribution in [0.4, 0.5) is 15.6 Å². The number of amides is 3. The van der Waals surface area contributed by atoms with E-state index >= 15 is 0 Å². The Morgan fingerprint density at radius 2 is 2.00 bits per heavy atom. The van der Waals surface area contributed by atoms with E-state index in [4.69, 9.17) is 0 Å². The van der Waals surface area contributed by atoms with Gasteiger partial charge >= 0.3 is 6.03 Å². The molecule has 0 atom stereocenters. The van der Waals surface area contributed by atoms with Crippen LogP contribution in [0.25, 0.3) is 0 Å². The predicted octanol–water partition coefficient (Wildman–Crippen LogP) is 1.08. The second kappa shape index (κ2) is 7.14. The van der Waals surface area contributed by atoms with E-state index in [1.165, 1.54) is 16.8 Å². The van der Waals surface area contributed by atoms with Crippen molar-refractivity contribution in [2.45, 2.75) is 6.42 Å². The summed E-state index contributed by atoms with van der Waals surface area (Å²) in [5, 5.41) is 15.4. The van der Waals surface area contributed by atoms with E-state index in [-0.39, 0.29) is 18.9 Å². The Balaban J connectivity index is 1.65. The fourth-order valence-electron chi connectivity index (χ4n) is 1.32. The van der Waals surface area contributed by atoms with E-state index in [1.54, 1.807) is 24.5 Å². The molecule has 104 valence electrons. The summed E-state index contributed by atoms with van der Waals surface area (Å²) in [6, 6.07) is 2.96. The number of nitrogens with zero attached hydrogens (tertiary/aromatic N) is 3. The van der Waals surface area contributed by atoms with Gasteiger partial charge in [0.05, 0.1) is 0 Å². The minimum absolute atomic E-state index is 0.172. The molecule has 0 radical (unpaired) electrons. The van der Waals surface area contributed by atoms with Crippen molar-refractivity contribution < 1.29 is 9.59 Å². The molecule has 0 spiro atoms. The molecule has 2 rings (SSSR count). The van der Waals surface area contributed by atoms with E-state index < -0.39 is 6.03 Å². The van der Waals surface area contributed by atoms with E-state index in [9.17, 15) is 9.59 Å². The molecule has 0 aliphatic rings. The zero-order valence-corrected chi connectivity index (χ0v) is 11.2. The number of carbonyl (C=O) groups excluding carboxylic acids is 2. The number of carbonyl (C=O) groups is 2. The zero-order valence-electron chi connectivity index (χ0n) is 10.4. The summed E-state index contributed by atoms with van der Waals surface area (Å²) in [6.07, 6.45) is 3.35. The van der Waals surface area contributed by atoms with E-state index in [0.717, 1.165) is 0 Å². The number of aromatic nitrogens is 3. The van der Waals surface area contributed by atoms with Crippen molar-refractivity contribution in [1.82, 2.24) is 20.5 Å². The van der Waals surface area contributed by atoms with Crippen LogP contribution in [0.15, 0.2) is 30.0 Å². The smallest absolute Gasteiger partial charge is 0.321 e. The summed E-state index contributed by atoms with van der Waals surface area (Å²) in [5.74, 6) is -0.188. The fraction of sp³-hybridized carbons (Fsp3) is 0.182. The molecule has 20 heavy (non-hydrogen) atoms. The fourth-order valence-corrected chi connectivity index (χ4v) is 1.76. The van der Waals surface area contributed by atoms with Crippen LogP contribution in [0.1, 0.15) is 6.42 Å². The largest absolute Gasteiger partial charge is 0.337 e. The molecule has 2 aromatic rings. The average Bonchev–Trinajstić information content (AvgIpc) is 2.92. The van der Waals surface area contributed by atoms with Gasteiger partial charge < -0.3 is 10.6 Å². The molecular formula is C11H12N6O2S. The number of rotatable bonds is 5. The summed E-state index contributed by atoms with van der Waals surface area (Å²) in [5.41, 5.74) is 2.18. The molecule has 0 saturated heterocycles. The maximum atomic E-state index is 11.6. The molecule has 0 fully saturated rings. The third kappa shape index (κ3) is 4.61. The maximum Gasteiger partial charge on any atom is 0.321 e. The summed E-state index contributed by atoms with van der Waals surface area (Å²) < 4.78 is 0. The van der Waals surface area contributed by atoms with Gasteiger partial charge in [-0.2, -0.15) is 0 Å². The number of hydrogen-bond acceptors (Lipinski definition) is 6. The Morgan fingerprint density at radius 3 is 2.70 bits per heavy atom. The van der Waals surface area contributed by atoms with Gasteiger partial charge in [0.25, 0.3) is 0 Å². The highest BCUT2D eigenvalue weighted by Crippen LogP contribution is 2.07. The molecule has 0 bridgehead atoms. The lowest BCUT2D eigenvalue weighted by molar-refractivity contribution is -0.116. The molecular weight excluding hydrogens is 280 g/mol. The molecule has 0 saturated carbocycles. The molecule has 0 aliphatic carbocycles. The number of urea groups is 1. The highest BCUT2D eigenvalue weighted by Gasteiger charge is 2.06. The predicted molar refractivity (Wildman–Crippen MR) is 74.4 cm³/mol. The van der Waals surface area contributed by atoms with E-state index in [0.29, 0.717) is 10.8 Å². The quantitative estimate of drug-likeness (QED) is 0.764. The lowest BCUT2D eigenvalue weighted by Crippen LogP contribution is -2.31. The molecule has 8 nitrogen and oxygen atoms in total. The van der Waals surface area contributed by atoms with Crippen LogP contribution in [0.3, 0.4) is 0 Å². The molecule has 3 N–H and O–H groups in total. The standard InChI is InChI=1S/C11H12N6O2S/c18-9(15-8-1-4-12-5-2-8)3-6-13-10(19)16-11-17-14-7-20-11/h1-2,4-5,7H,3,6H2,(H,12,15,18)(H2,13,16,17,19). The normalized spacial score (nSPS) is 9.80. The van der Waals surface area contributed by atoms with Crippen LogP contribution < -0.4 is 16.0 Å². The lowest BCUT2D eigenvalue weighted by atomic mass is 10.3. The number of anilines is 2. The maximum absolute atomic E-state index is 11.6. The van der Waals surface area contributed by atoms with Crippen LogP contribution in [0, 0.1) is 0 Å². The van der Waals surface area contributed by atoms with Crippen LogP contribution in [0.5, 0.6) is 0 Å². The Morgan fingerprint density at radius 1 is 1.20 bits per heavy atom. The van der Waals surface area contributed by atoms with Crippen LogP contribution in [-0.4, -0.2) is 33.7 Å². The highest BCUT2D eigenvalue weighted by molar-refractivity contribution is 7.13. The van der Waals surface area contributed by atoms with Crippen molar-refractivity contribution >= 4 is 34.1 Å². The van der Waals surface area contributed by atoms with Crippen LogP contribution >= 0.6 is 11.3 Å². The Labute approximate surface area is 118 Å². The minimum Gasteiger partial charge on any atom is -0.337 e. The average molecular weight is 292 g/mol. The van der Waals surface area contributed by atoms with Gasteiger partial charge in [-0.25, -0.2) is 4.79 Å². The first-order valence-electron chi connectivity index (χ1n) is 5.75. The van der Waals surface area contributed by atoms with Crippen LogP contribution in [-0.2, 0) is 4.79 Å². The molecule has 0 aliphatic heterocycles. The van der Waals surface area contributed by atoms with Gasteiger partial charge in [-0.1, -0.05) is 11.3 Å². The second-order valence-electron chi connectivity index (χ2n) is 3.66. The monoisotopic (exact) mass is 292 g/mol. The molecule has 9 heteroatoms. The summed E-state index contributed by atoms with van der Waals surface area (Å²) in [7, 11) is 0. The zero-order chi connectivity index (χ0) is 14.2. The van der Waals surface area contributed by atoms with Crippen molar-refractivity contribution in [1.29, 1.82) is 0 Å². The number of hydrogen-bond donors (Lipinski definition) is 3. The van der Waals surface area contributed by atoms with Gasteiger partial charge in [0.15, 0.2) is 0 Å².